The average Bonchev–Trinajstić information content (AvgIpc) is 3.29. The Morgan fingerprint density at radius 2 is 1.64 bits per heavy atom. The zero-order valence-electron chi connectivity index (χ0n) is 20.9. The van der Waals surface area contributed by atoms with E-state index in [9.17, 15) is 4.79 Å². The number of nitrogens with one attached hydrogen (secondary N) is 1. The third-order valence-corrected chi connectivity index (χ3v) is 6.84. The van der Waals surface area contributed by atoms with Gasteiger partial charge in [-0.05, 0) is 72.6 Å². The van der Waals surface area contributed by atoms with E-state index in [4.69, 9.17) is 19.6 Å². The zero-order chi connectivity index (χ0) is 25.7. The van der Waals surface area contributed by atoms with Crippen molar-refractivity contribution in [3.8, 4) is 11.5 Å². The summed E-state index contributed by atoms with van der Waals surface area (Å²) in [4.78, 5) is 16.6. The number of thioether (sulfide) groups is 1. The molecule has 0 saturated carbocycles. The Balaban J connectivity index is 1.22. The minimum absolute atomic E-state index is 0.0344. The van der Waals surface area contributed by atoms with Crippen molar-refractivity contribution in [2.75, 3.05) is 26.4 Å². The molecular weight excluding hydrogens is 476 g/mol. The van der Waals surface area contributed by atoms with E-state index in [0.717, 1.165) is 16.4 Å². The molecule has 2 aromatic carbocycles. The van der Waals surface area contributed by atoms with Crippen LogP contribution in [0.25, 0.3) is 6.08 Å². The summed E-state index contributed by atoms with van der Waals surface area (Å²) in [6.07, 6.45) is 1.65. The molecule has 2 aliphatic heterocycles. The molecule has 8 nitrogen and oxygen atoms in total. The Bertz CT molecular complexity index is 1230. The minimum Gasteiger partial charge on any atom is -0.491 e. The molecule has 0 atom stereocenters. The van der Waals surface area contributed by atoms with Gasteiger partial charge in [0, 0.05) is 5.92 Å². The lowest BCUT2D eigenvalue weighted by Gasteiger charge is -2.20. The molecule has 1 amide bonds. The fourth-order valence-corrected chi connectivity index (χ4v) is 4.30. The predicted octanol–water partition coefficient (Wildman–Crippen LogP) is 5.05. The second-order valence-corrected chi connectivity index (χ2v) is 9.72. The van der Waals surface area contributed by atoms with Crippen molar-refractivity contribution in [3.63, 3.8) is 0 Å². The molecule has 0 bridgehead atoms. The molecule has 1 N–H and O–H groups in total. The maximum absolute atomic E-state index is 12.5. The summed E-state index contributed by atoms with van der Waals surface area (Å²) < 4.78 is 17.0. The van der Waals surface area contributed by atoms with E-state index >= 15 is 0 Å². The standard InChI is InChI=1S/C27H30N4O4S/c1-17(2)26-30-31-24(28)23(25(32)29-27(31)36-26)16-20-6-9-21(10-7-20)34-13-11-33-12-14-35-22-8-5-18(3)19(4)15-22/h5-10,15-17,28H,11-14H2,1-4H3. The number of nitrogens with zero attached hydrogens (tertiary/aromatic N) is 3. The van der Waals surface area contributed by atoms with Crippen molar-refractivity contribution in [2.45, 2.75) is 27.7 Å². The van der Waals surface area contributed by atoms with E-state index in [1.165, 1.54) is 27.9 Å². The molecule has 36 heavy (non-hydrogen) atoms. The summed E-state index contributed by atoms with van der Waals surface area (Å²) in [5, 5.41) is 15.6. The van der Waals surface area contributed by atoms with Gasteiger partial charge in [-0.2, -0.15) is 15.1 Å². The number of ether oxygens (including phenoxy) is 3. The van der Waals surface area contributed by atoms with E-state index in [-0.39, 0.29) is 17.3 Å². The van der Waals surface area contributed by atoms with Crippen LogP contribution in [0.3, 0.4) is 0 Å². The number of hydrazone groups is 1. The molecule has 2 aliphatic rings. The van der Waals surface area contributed by atoms with Gasteiger partial charge in [0.05, 0.1) is 18.8 Å². The summed E-state index contributed by atoms with van der Waals surface area (Å²) in [5.41, 5.74) is 3.42. The lowest BCUT2D eigenvalue weighted by Crippen LogP contribution is -2.35. The number of hydrogen-bond donors (Lipinski definition) is 1. The maximum Gasteiger partial charge on any atom is 0.283 e. The molecule has 9 heteroatoms. The second-order valence-electron chi connectivity index (χ2n) is 8.74. The number of amidine groups is 2. The monoisotopic (exact) mass is 506 g/mol. The first-order valence-corrected chi connectivity index (χ1v) is 12.6. The lowest BCUT2D eigenvalue weighted by atomic mass is 10.1. The molecule has 0 unspecified atom stereocenters. The third-order valence-electron chi connectivity index (χ3n) is 5.63. The van der Waals surface area contributed by atoms with Crippen LogP contribution >= 0.6 is 11.8 Å². The molecule has 2 aromatic rings. The molecular formula is C27H30N4O4S. The normalized spacial score (nSPS) is 16.4. The molecule has 0 saturated heterocycles. The van der Waals surface area contributed by atoms with Crippen LogP contribution in [0.1, 0.15) is 30.5 Å². The number of carbonyl (C=O) groups excluding carboxylic acids is 1. The lowest BCUT2D eigenvalue weighted by molar-refractivity contribution is -0.114. The van der Waals surface area contributed by atoms with Crippen molar-refractivity contribution in [2.24, 2.45) is 16.0 Å². The number of rotatable bonds is 10. The number of benzene rings is 2. The van der Waals surface area contributed by atoms with Crippen molar-refractivity contribution < 1.29 is 19.0 Å². The van der Waals surface area contributed by atoms with Gasteiger partial charge in [-0.3, -0.25) is 10.2 Å². The molecule has 0 radical (unpaired) electrons. The fourth-order valence-electron chi connectivity index (χ4n) is 3.41. The van der Waals surface area contributed by atoms with Gasteiger partial charge in [-0.25, -0.2) is 0 Å². The van der Waals surface area contributed by atoms with E-state index in [1.54, 1.807) is 6.08 Å². The average molecular weight is 507 g/mol. The Kier molecular flexibility index (Phi) is 8.22. The number of fused-ring (bicyclic) bond motifs is 1. The van der Waals surface area contributed by atoms with Crippen LogP contribution in [0.15, 0.2) is 58.1 Å². The highest BCUT2D eigenvalue weighted by Gasteiger charge is 2.36. The van der Waals surface area contributed by atoms with Gasteiger partial charge in [0.25, 0.3) is 5.91 Å². The smallest absolute Gasteiger partial charge is 0.283 e. The van der Waals surface area contributed by atoms with E-state index < -0.39 is 5.91 Å². The largest absolute Gasteiger partial charge is 0.491 e. The van der Waals surface area contributed by atoms with Crippen LogP contribution in [0, 0.1) is 25.2 Å². The predicted molar refractivity (Wildman–Crippen MR) is 144 cm³/mol. The Morgan fingerprint density at radius 3 is 2.31 bits per heavy atom. The zero-order valence-corrected chi connectivity index (χ0v) is 21.7. The number of carbonyl (C=O) groups is 1. The van der Waals surface area contributed by atoms with Gasteiger partial charge in [0.1, 0.15) is 29.8 Å². The summed E-state index contributed by atoms with van der Waals surface area (Å²) in [7, 11) is 0. The summed E-state index contributed by atoms with van der Waals surface area (Å²) in [6.45, 7) is 9.99. The number of hydrogen-bond acceptors (Lipinski definition) is 7. The van der Waals surface area contributed by atoms with Crippen LogP contribution in [-0.2, 0) is 9.53 Å². The van der Waals surface area contributed by atoms with Crippen molar-refractivity contribution in [1.29, 1.82) is 5.41 Å². The van der Waals surface area contributed by atoms with Crippen LogP contribution in [-0.4, -0.2) is 53.4 Å². The molecule has 0 spiro atoms. The maximum atomic E-state index is 12.5. The van der Waals surface area contributed by atoms with Gasteiger partial charge >= 0.3 is 0 Å². The van der Waals surface area contributed by atoms with Crippen molar-refractivity contribution in [3.05, 3.63) is 64.7 Å². The number of aliphatic imine (C=N–C) groups is 1. The van der Waals surface area contributed by atoms with Crippen molar-refractivity contribution >= 4 is 39.8 Å². The Morgan fingerprint density at radius 1 is 0.972 bits per heavy atom. The van der Waals surface area contributed by atoms with Crippen LogP contribution < -0.4 is 9.47 Å². The minimum atomic E-state index is -0.432. The van der Waals surface area contributed by atoms with Crippen LogP contribution in [0.2, 0.25) is 0 Å². The SMILES string of the molecule is Cc1ccc(OCCOCCOc2ccc(C=C3C(=N)N4N=C(C(C)C)SC4=NC3=O)cc2)cc1C. The second kappa shape index (κ2) is 11.5. The molecule has 2 heterocycles. The Labute approximate surface area is 215 Å². The van der Waals surface area contributed by atoms with Gasteiger partial charge in [0.2, 0.25) is 5.17 Å². The van der Waals surface area contributed by atoms with Crippen LogP contribution in [0.5, 0.6) is 11.5 Å². The summed E-state index contributed by atoms with van der Waals surface area (Å²) >= 11 is 1.34. The molecule has 0 aliphatic carbocycles. The van der Waals surface area contributed by atoms with E-state index in [1.807, 2.05) is 56.3 Å². The third kappa shape index (κ3) is 6.22. The summed E-state index contributed by atoms with van der Waals surface area (Å²) in [5.74, 6) is 1.34. The number of amides is 1. The van der Waals surface area contributed by atoms with Crippen molar-refractivity contribution in [1.82, 2.24) is 5.01 Å². The van der Waals surface area contributed by atoms with E-state index in [2.05, 4.69) is 23.9 Å². The topological polar surface area (TPSA) is 96.6 Å². The van der Waals surface area contributed by atoms with Gasteiger partial charge in [-0.1, -0.05) is 32.0 Å². The molecule has 4 rings (SSSR count). The fraction of sp³-hybridized carbons (Fsp3) is 0.333. The number of aryl methyl sites for hydroxylation is 2. The first-order chi connectivity index (χ1) is 17.3. The Hall–Kier alpha value is -3.43. The highest BCUT2D eigenvalue weighted by Crippen LogP contribution is 2.30. The highest BCUT2D eigenvalue weighted by atomic mass is 32.2. The van der Waals surface area contributed by atoms with E-state index in [0.29, 0.717) is 37.3 Å². The summed E-state index contributed by atoms with van der Waals surface area (Å²) in [6, 6.07) is 13.3. The quantitative estimate of drug-likeness (QED) is 0.358. The van der Waals surface area contributed by atoms with Gasteiger partial charge < -0.3 is 14.2 Å². The first kappa shape index (κ1) is 25.7. The van der Waals surface area contributed by atoms with Gasteiger partial charge in [0.15, 0.2) is 5.84 Å². The molecule has 0 fully saturated rings. The van der Waals surface area contributed by atoms with Crippen LogP contribution in [0.4, 0.5) is 0 Å². The van der Waals surface area contributed by atoms with Gasteiger partial charge in [-0.15, -0.1) is 0 Å². The highest BCUT2D eigenvalue weighted by molar-refractivity contribution is 8.27. The first-order valence-electron chi connectivity index (χ1n) is 11.8. The molecule has 0 aromatic heterocycles. The molecule has 188 valence electrons.